The number of hydrogen-bond donors (Lipinski definition) is 3. The van der Waals surface area contributed by atoms with E-state index in [0.717, 1.165) is 0 Å². The van der Waals surface area contributed by atoms with Crippen LogP contribution in [0.2, 0.25) is 0 Å². The summed E-state index contributed by atoms with van der Waals surface area (Å²) in [6, 6.07) is 4.44. The van der Waals surface area contributed by atoms with Crippen LogP contribution in [-0.4, -0.2) is 60.5 Å². The Labute approximate surface area is 196 Å². The van der Waals surface area contributed by atoms with Crippen LogP contribution in [0.3, 0.4) is 0 Å². The van der Waals surface area contributed by atoms with Crippen LogP contribution in [-0.2, 0) is 23.8 Å². The molecule has 0 radical (unpaired) electrons. The van der Waals surface area contributed by atoms with Gasteiger partial charge in [0.05, 0.1) is 23.1 Å². The van der Waals surface area contributed by atoms with E-state index in [-0.39, 0.29) is 36.5 Å². The van der Waals surface area contributed by atoms with Gasteiger partial charge in [0.2, 0.25) is 0 Å². The van der Waals surface area contributed by atoms with Crippen LogP contribution in [0.4, 0.5) is 10.5 Å². The molecule has 1 amide bonds. The average molecular weight is 479 g/mol. The highest BCUT2D eigenvalue weighted by Crippen LogP contribution is 2.51. The Morgan fingerprint density at radius 3 is 2.50 bits per heavy atom. The minimum Gasteiger partial charge on any atom is -0.481 e. The Balaban J connectivity index is 2.70. The smallest absolute Gasteiger partial charge is 0.404 e. The molecule has 0 bridgehead atoms. The molecule has 2 rings (SSSR count). The number of nitro benzene ring substituents is 1. The number of carboxylic acid groups (broad SMARTS) is 1. The van der Waals surface area contributed by atoms with Crippen molar-refractivity contribution in [1.29, 1.82) is 0 Å². The largest absolute Gasteiger partial charge is 0.481 e. The summed E-state index contributed by atoms with van der Waals surface area (Å²) in [5.74, 6) is -3.23. The number of benzene rings is 1. The summed E-state index contributed by atoms with van der Waals surface area (Å²) >= 11 is 0. The second-order valence-corrected chi connectivity index (χ2v) is 7.68. The zero-order valence-corrected chi connectivity index (χ0v) is 19.2. The van der Waals surface area contributed by atoms with Crippen molar-refractivity contribution in [2.24, 2.45) is 11.1 Å². The second-order valence-electron chi connectivity index (χ2n) is 7.68. The van der Waals surface area contributed by atoms with Crippen molar-refractivity contribution in [2.75, 3.05) is 26.4 Å². The predicted molar refractivity (Wildman–Crippen MR) is 119 cm³/mol. The van der Waals surface area contributed by atoms with Gasteiger partial charge in [-0.2, -0.15) is 0 Å². The number of primary amides is 1. The first kappa shape index (κ1) is 26.6. The molecule has 1 aliphatic rings. The third kappa shape index (κ3) is 5.45. The fourth-order valence-electron chi connectivity index (χ4n) is 4.34. The first-order chi connectivity index (χ1) is 16.1. The number of carboxylic acids is 1. The molecule has 0 fully saturated rings. The van der Waals surface area contributed by atoms with Gasteiger partial charge in [-0.15, -0.1) is 0 Å². The number of non-ortho nitro benzene ring substituents is 1. The first-order valence-electron chi connectivity index (χ1n) is 10.7. The van der Waals surface area contributed by atoms with Gasteiger partial charge in [-0.3, -0.25) is 14.9 Å². The Hall–Kier alpha value is -3.67. The minimum atomic E-state index is -1.74. The van der Waals surface area contributed by atoms with E-state index >= 15 is 0 Å². The van der Waals surface area contributed by atoms with Gasteiger partial charge in [0.1, 0.15) is 18.6 Å². The van der Waals surface area contributed by atoms with Gasteiger partial charge in [-0.05, 0) is 25.8 Å². The molecule has 3 atom stereocenters. The van der Waals surface area contributed by atoms with Crippen LogP contribution < -0.4 is 11.1 Å². The summed E-state index contributed by atoms with van der Waals surface area (Å²) in [5, 5.41) is 24.8. The standard InChI is InChI=1S/C22H29N3O9/c1-4-22(20(27)28)16(12-34-21(23)29)24-13(3)17(19(26)33-10-9-32-5-2)18(22)14-7-6-8-15(11-14)25(30)31/h6-8,11,16,18,24H,4-5,9-10,12H2,1-3H3,(H2,23,29)(H,27,28). The molecule has 34 heavy (non-hydrogen) atoms. The summed E-state index contributed by atoms with van der Waals surface area (Å²) in [6.07, 6.45) is -1.11. The topological polar surface area (TPSA) is 180 Å². The number of aliphatic carboxylic acids is 1. The van der Waals surface area contributed by atoms with Gasteiger partial charge in [0.25, 0.3) is 5.69 Å². The third-order valence-corrected chi connectivity index (χ3v) is 5.90. The van der Waals surface area contributed by atoms with Gasteiger partial charge < -0.3 is 30.4 Å². The number of hydrogen-bond acceptors (Lipinski definition) is 9. The normalized spacial score (nSPS) is 22.0. The number of carbonyl (C=O) groups is 3. The SMILES string of the molecule is CCOCCOC(=O)C1=C(C)NC(COC(N)=O)C(CC)(C(=O)O)C1c1cccc([N+](=O)[O-])c1. The second kappa shape index (κ2) is 11.5. The average Bonchev–Trinajstić information content (AvgIpc) is 2.79. The zero-order valence-electron chi connectivity index (χ0n) is 19.2. The fraction of sp³-hybridized carbons (Fsp3) is 0.500. The number of carbonyl (C=O) groups excluding carboxylic acids is 2. The van der Waals surface area contributed by atoms with E-state index in [0.29, 0.717) is 12.3 Å². The number of ether oxygens (including phenoxy) is 3. The molecule has 0 saturated heterocycles. The molecule has 1 heterocycles. The highest BCUT2D eigenvalue weighted by atomic mass is 16.6. The maximum Gasteiger partial charge on any atom is 0.404 e. The molecule has 1 aromatic rings. The molecular weight excluding hydrogens is 450 g/mol. The molecule has 0 saturated carbocycles. The van der Waals surface area contributed by atoms with Crippen molar-refractivity contribution in [3.63, 3.8) is 0 Å². The highest BCUT2D eigenvalue weighted by Gasteiger charge is 2.57. The molecule has 12 heteroatoms. The van der Waals surface area contributed by atoms with Gasteiger partial charge in [-0.25, -0.2) is 9.59 Å². The lowest BCUT2D eigenvalue weighted by Crippen LogP contribution is -2.59. The van der Waals surface area contributed by atoms with E-state index in [1.807, 2.05) is 0 Å². The quantitative estimate of drug-likeness (QED) is 0.184. The van der Waals surface area contributed by atoms with Crippen molar-refractivity contribution >= 4 is 23.7 Å². The molecule has 186 valence electrons. The summed E-state index contributed by atoms with van der Waals surface area (Å²) in [5.41, 5.74) is 3.63. The van der Waals surface area contributed by atoms with Crippen LogP contribution in [0.15, 0.2) is 35.5 Å². The van der Waals surface area contributed by atoms with E-state index in [2.05, 4.69) is 5.32 Å². The lowest BCUT2D eigenvalue weighted by atomic mass is 9.60. The Kier molecular flexibility index (Phi) is 8.96. The van der Waals surface area contributed by atoms with Crippen LogP contribution >= 0.6 is 0 Å². The number of rotatable bonds is 11. The fourth-order valence-corrected chi connectivity index (χ4v) is 4.34. The Bertz CT molecular complexity index is 978. The zero-order chi connectivity index (χ0) is 25.5. The number of nitrogens with zero attached hydrogens (tertiary/aromatic N) is 1. The third-order valence-electron chi connectivity index (χ3n) is 5.90. The Morgan fingerprint density at radius 2 is 1.94 bits per heavy atom. The monoisotopic (exact) mass is 479 g/mol. The van der Waals surface area contributed by atoms with E-state index in [9.17, 15) is 29.6 Å². The molecule has 0 spiro atoms. The molecule has 0 aromatic heterocycles. The van der Waals surface area contributed by atoms with Crippen molar-refractivity contribution in [2.45, 2.75) is 39.2 Å². The number of nitro groups is 1. The van der Waals surface area contributed by atoms with Crippen LogP contribution in [0, 0.1) is 15.5 Å². The first-order valence-corrected chi connectivity index (χ1v) is 10.7. The lowest BCUT2D eigenvalue weighted by molar-refractivity contribution is -0.384. The Morgan fingerprint density at radius 1 is 1.24 bits per heavy atom. The van der Waals surface area contributed by atoms with Crippen LogP contribution in [0.5, 0.6) is 0 Å². The predicted octanol–water partition coefficient (Wildman–Crippen LogP) is 2.08. The van der Waals surface area contributed by atoms with Gasteiger partial charge >= 0.3 is 18.0 Å². The molecule has 0 aliphatic carbocycles. The van der Waals surface area contributed by atoms with Gasteiger partial charge in [-0.1, -0.05) is 19.1 Å². The van der Waals surface area contributed by atoms with Gasteiger partial charge in [0, 0.05) is 30.4 Å². The molecule has 3 unspecified atom stereocenters. The van der Waals surface area contributed by atoms with Crippen LogP contribution in [0.25, 0.3) is 0 Å². The van der Waals surface area contributed by atoms with Crippen molar-refractivity contribution < 1.29 is 38.6 Å². The van der Waals surface area contributed by atoms with E-state index in [1.165, 1.54) is 24.3 Å². The number of nitrogens with one attached hydrogen (secondary N) is 1. The molecule has 1 aromatic carbocycles. The maximum absolute atomic E-state index is 13.2. The molecule has 1 aliphatic heterocycles. The summed E-state index contributed by atoms with van der Waals surface area (Å²) < 4.78 is 15.4. The van der Waals surface area contributed by atoms with E-state index in [4.69, 9.17) is 19.9 Å². The van der Waals surface area contributed by atoms with Gasteiger partial charge in [0.15, 0.2) is 0 Å². The van der Waals surface area contributed by atoms with E-state index < -0.39 is 46.9 Å². The van der Waals surface area contributed by atoms with Crippen LogP contribution in [0.1, 0.15) is 38.7 Å². The minimum absolute atomic E-state index is 0.0107. The molecule has 12 nitrogen and oxygen atoms in total. The van der Waals surface area contributed by atoms with Crippen molar-refractivity contribution in [3.05, 3.63) is 51.2 Å². The lowest BCUT2D eigenvalue weighted by Gasteiger charge is -2.47. The summed E-state index contributed by atoms with van der Waals surface area (Å²) in [6.45, 7) is 5.07. The highest BCUT2D eigenvalue weighted by molar-refractivity contribution is 5.94. The summed E-state index contributed by atoms with van der Waals surface area (Å²) in [7, 11) is 0. The summed E-state index contributed by atoms with van der Waals surface area (Å²) in [4.78, 5) is 48.0. The number of nitrogens with two attached hydrogens (primary N) is 1. The maximum atomic E-state index is 13.2. The molecular formula is C22H29N3O9. The van der Waals surface area contributed by atoms with E-state index in [1.54, 1.807) is 20.8 Å². The number of allylic oxidation sites excluding steroid dienone is 1. The number of esters is 1. The molecule has 4 N–H and O–H groups in total. The van der Waals surface area contributed by atoms with Crippen molar-refractivity contribution in [1.82, 2.24) is 5.32 Å². The van der Waals surface area contributed by atoms with Crippen molar-refractivity contribution in [3.8, 4) is 0 Å². The number of amides is 1.